The molecule has 0 spiro atoms. The molecule has 2 aromatic rings. The number of amides is 1. The van der Waals surface area contributed by atoms with Gasteiger partial charge in [0.05, 0.1) is 19.8 Å². The number of hydrogen-bond acceptors (Lipinski definition) is 5. The summed E-state index contributed by atoms with van der Waals surface area (Å²) in [6, 6.07) is 7.25. The molecule has 0 bridgehead atoms. The lowest BCUT2D eigenvalue weighted by Gasteiger charge is -2.23. The molecular formula is C18H22N2O4. The summed E-state index contributed by atoms with van der Waals surface area (Å²) in [6.07, 6.45) is 2.37. The third kappa shape index (κ3) is 3.09. The van der Waals surface area contributed by atoms with Crippen molar-refractivity contribution in [3.63, 3.8) is 0 Å². The molecule has 6 heteroatoms. The second-order valence-electron chi connectivity index (χ2n) is 6.14. The molecule has 1 aromatic heterocycles. The Balaban J connectivity index is 1.86. The second kappa shape index (κ2) is 6.55. The van der Waals surface area contributed by atoms with E-state index in [-0.39, 0.29) is 11.9 Å². The number of carbonyl (C=O) groups excluding carboxylic acids is 1. The van der Waals surface area contributed by atoms with Crippen molar-refractivity contribution in [1.29, 1.82) is 0 Å². The van der Waals surface area contributed by atoms with E-state index < -0.39 is 0 Å². The van der Waals surface area contributed by atoms with Gasteiger partial charge < -0.3 is 18.9 Å². The van der Waals surface area contributed by atoms with E-state index in [4.69, 9.17) is 14.0 Å². The van der Waals surface area contributed by atoms with Crippen LogP contribution < -0.4 is 9.47 Å². The van der Waals surface area contributed by atoms with Crippen molar-refractivity contribution in [2.24, 2.45) is 5.92 Å². The summed E-state index contributed by atoms with van der Waals surface area (Å²) in [6.45, 7) is 2.07. The van der Waals surface area contributed by atoms with Gasteiger partial charge in [-0.15, -0.1) is 0 Å². The topological polar surface area (TPSA) is 64.8 Å². The zero-order valence-electron chi connectivity index (χ0n) is 14.4. The average molecular weight is 330 g/mol. The van der Waals surface area contributed by atoms with E-state index in [0.717, 1.165) is 0 Å². The van der Waals surface area contributed by atoms with Crippen LogP contribution in [0.5, 0.6) is 11.5 Å². The Hall–Kier alpha value is -2.50. The molecule has 1 atom stereocenters. The van der Waals surface area contributed by atoms with Crippen LogP contribution in [0.1, 0.15) is 30.3 Å². The van der Waals surface area contributed by atoms with Crippen molar-refractivity contribution >= 4 is 5.91 Å². The molecule has 0 saturated heterocycles. The van der Waals surface area contributed by atoms with Crippen LogP contribution in [-0.4, -0.2) is 43.3 Å². The molecule has 1 aliphatic rings. The van der Waals surface area contributed by atoms with Crippen molar-refractivity contribution in [2.45, 2.75) is 25.8 Å². The maximum Gasteiger partial charge on any atom is 0.276 e. The lowest BCUT2D eigenvalue weighted by atomic mass is 10.1. The van der Waals surface area contributed by atoms with Gasteiger partial charge >= 0.3 is 0 Å². The van der Waals surface area contributed by atoms with E-state index in [1.165, 1.54) is 12.8 Å². The van der Waals surface area contributed by atoms with Crippen molar-refractivity contribution in [2.75, 3.05) is 21.3 Å². The lowest BCUT2D eigenvalue weighted by molar-refractivity contribution is 0.0717. The Kier molecular flexibility index (Phi) is 4.46. The van der Waals surface area contributed by atoms with Crippen molar-refractivity contribution in [3.05, 3.63) is 30.0 Å². The molecule has 1 aromatic carbocycles. The number of ether oxygens (including phenoxy) is 2. The van der Waals surface area contributed by atoms with Crippen LogP contribution in [0.3, 0.4) is 0 Å². The molecule has 1 heterocycles. The molecular weight excluding hydrogens is 308 g/mol. The Morgan fingerprint density at radius 1 is 1.29 bits per heavy atom. The first-order valence-corrected chi connectivity index (χ1v) is 8.01. The van der Waals surface area contributed by atoms with Gasteiger partial charge in [-0.2, -0.15) is 0 Å². The molecule has 1 saturated carbocycles. The summed E-state index contributed by atoms with van der Waals surface area (Å²) >= 11 is 0. The fraction of sp³-hybridized carbons (Fsp3) is 0.444. The second-order valence-corrected chi connectivity index (χ2v) is 6.14. The van der Waals surface area contributed by atoms with E-state index in [9.17, 15) is 4.79 Å². The monoisotopic (exact) mass is 330 g/mol. The smallest absolute Gasteiger partial charge is 0.276 e. The Bertz CT molecular complexity index is 736. The average Bonchev–Trinajstić information content (AvgIpc) is 3.35. The van der Waals surface area contributed by atoms with Gasteiger partial charge in [0.15, 0.2) is 11.5 Å². The molecule has 1 fully saturated rings. The third-order valence-corrected chi connectivity index (χ3v) is 4.64. The van der Waals surface area contributed by atoms with E-state index in [2.05, 4.69) is 12.1 Å². The van der Waals surface area contributed by atoms with Crippen molar-refractivity contribution in [1.82, 2.24) is 10.1 Å². The number of carbonyl (C=O) groups is 1. The molecule has 128 valence electrons. The minimum absolute atomic E-state index is 0.133. The molecule has 24 heavy (non-hydrogen) atoms. The van der Waals surface area contributed by atoms with E-state index in [0.29, 0.717) is 34.4 Å². The highest BCUT2D eigenvalue weighted by Crippen LogP contribution is 2.36. The first-order valence-electron chi connectivity index (χ1n) is 8.01. The quantitative estimate of drug-likeness (QED) is 0.813. The summed E-state index contributed by atoms with van der Waals surface area (Å²) < 4.78 is 16.0. The van der Waals surface area contributed by atoms with Crippen LogP contribution in [-0.2, 0) is 0 Å². The first-order chi connectivity index (χ1) is 11.5. The number of rotatable bonds is 6. The van der Waals surface area contributed by atoms with Gasteiger partial charge in [0.25, 0.3) is 5.91 Å². The summed E-state index contributed by atoms with van der Waals surface area (Å²) in [5, 5.41) is 3.94. The number of aromatic nitrogens is 1. The normalized spacial score (nSPS) is 15.0. The Labute approximate surface area is 141 Å². The van der Waals surface area contributed by atoms with Gasteiger partial charge in [-0.1, -0.05) is 5.16 Å². The van der Waals surface area contributed by atoms with Crippen molar-refractivity contribution in [3.8, 4) is 22.8 Å². The molecule has 1 aliphatic carbocycles. The first kappa shape index (κ1) is 16.4. The molecule has 0 aliphatic heterocycles. The SMILES string of the molecule is COc1ccc(OC)c(-c2cc(C(=O)N(C)[C@H](C)C3CC3)no2)c1. The molecule has 1 amide bonds. The maximum absolute atomic E-state index is 12.6. The minimum atomic E-state index is -0.133. The fourth-order valence-corrected chi connectivity index (χ4v) is 2.77. The summed E-state index contributed by atoms with van der Waals surface area (Å²) in [7, 11) is 4.99. The number of methoxy groups -OCH3 is 2. The highest BCUT2D eigenvalue weighted by Gasteiger charge is 2.33. The van der Waals surface area contributed by atoms with Gasteiger partial charge in [0, 0.05) is 19.2 Å². The number of hydrogen-bond donors (Lipinski definition) is 0. The third-order valence-electron chi connectivity index (χ3n) is 4.64. The van der Waals surface area contributed by atoms with Crippen LogP contribution >= 0.6 is 0 Å². The van der Waals surface area contributed by atoms with E-state index in [1.54, 1.807) is 43.4 Å². The summed E-state index contributed by atoms with van der Waals surface area (Å²) in [5.74, 6) is 2.25. The van der Waals surface area contributed by atoms with E-state index >= 15 is 0 Å². The van der Waals surface area contributed by atoms with Gasteiger partial charge in [0.1, 0.15) is 11.5 Å². The molecule has 0 N–H and O–H groups in total. The zero-order chi connectivity index (χ0) is 17.3. The van der Waals surface area contributed by atoms with Crippen LogP contribution in [0.15, 0.2) is 28.8 Å². The zero-order valence-corrected chi connectivity index (χ0v) is 14.4. The van der Waals surface area contributed by atoms with Crippen LogP contribution in [0.2, 0.25) is 0 Å². The number of benzene rings is 1. The highest BCUT2D eigenvalue weighted by molar-refractivity contribution is 5.93. The van der Waals surface area contributed by atoms with E-state index in [1.807, 2.05) is 7.05 Å². The highest BCUT2D eigenvalue weighted by atomic mass is 16.5. The largest absolute Gasteiger partial charge is 0.497 e. The van der Waals surface area contributed by atoms with Crippen LogP contribution in [0.25, 0.3) is 11.3 Å². The predicted molar refractivity (Wildman–Crippen MR) is 89.3 cm³/mol. The van der Waals surface area contributed by atoms with Gasteiger partial charge in [-0.05, 0) is 43.9 Å². The Morgan fingerprint density at radius 3 is 2.67 bits per heavy atom. The molecule has 6 nitrogen and oxygen atoms in total. The van der Waals surface area contributed by atoms with Gasteiger partial charge in [-0.25, -0.2) is 0 Å². The molecule has 3 rings (SSSR count). The summed E-state index contributed by atoms with van der Waals surface area (Å²) in [4.78, 5) is 14.3. The maximum atomic E-state index is 12.6. The van der Waals surface area contributed by atoms with Gasteiger partial charge in [0.2, 0.25) is 0 Å². The summed E-state index contributed by atoms with van der Waals surface area (Å²) in [5.41, 5.74) is 0.992. The lowest BCUT2D eigenvalue weighted by Crippen LogP contribution is -2.36. The number of nitrogens with zero attached hydrogens (tertiary/aromatic N) is 2. The van der Waals surface area contributed by atoms with Crippen LogP contribution in [0.4, 0.5) is 0 Å². The minimum Gasteiger partial charge on any atom is -0.497 e. The molecule has 0 radical (unpaired) electrons. The Morgan fingerprint density at radius 2 is 2.04 bits per heavy atom. The predicted octanol–water partition coefficient (Wildman–Crippen LogP) is 3.23. The van der Waals surface area contributed by atoms with Crippen molar-refractivity contribution < 1.29 is 18.8 Å². The molecule has 0 unspecified atom stereocenters. The van der Waals surface area contributed by atoms with Gasteiger partial charge in [-0.3, -0.25) is 4.79 Å². The standard InChI is InChI=1S/C18H22N2O4/c1-11(12-5-6-12)20(2)18(21)15-10-17(24-19-15)14-9-13(22-3)7-8-16(14)23-4/h7-12H,5-6H2,1-4H3/t11-/m1/s1. The fourth-order valence-electron chi connectivity index (χ4n) is 2.77. The van der Waals surface area contributed by atoms with Crippen LogP contribution in [0, 0.1) is 5.92 Å².